The lowest BCUT2D eigenvalue weighted by molar-refractivity contribution is 0.526. The van der Waals surface area contributed by atoms with Crippen LogP contribution in [0.3, 0.4) is 0 Å². The largest absolute Gasteiger partial charge is 0.332 e. The lowest BCUT2D eigenvalue weighted by Crippen LogP contribution is -2.47. The smallest absolute Gasteiger partial charge is 0.169 e. The van der Waals surface area contributed by atoms with Crippen LogP contribution in [0.1, 0.15) is 58.8 Å². The van der Waals surface area contributed by atoms with Crippen LogP contribution in [0.15, 0.2) is 34.3 Å². The molecule has 21 heavy (non-hydrogen) atoms. The number of aryl methyl sites for hydroxylation is 1. The number of benzene rings is 1. The standard InChI is InChI=1S/C18H27N3/c1-12-9-8-10-13(11-12)14-19-15(17(2,3)4)21-16(20-14)18(5,6)7/h8-11,14H,1-7H3,(H,19,20,21). The molecule has 2 rings (SSSR count). The molecule has 0 saturated carbocycles. The van der Waals surface area contributed by atoms with E-state index in [0.29, 0.717) is 0 Å². The van der Waals surface area contributed by atoms with Crippen LogP contribution >= 0.6 is 0 Å². The first-order chi connectivity index (χ1) is 9.57. The lowest BCUT2D eigenvalue weighted by Gasteiger charge is -2.33. The normalized spacial score (nSPS) is 17.1. The fourth-order valence-corrected chi connectivity index (χ4v) is 2.19. The molecule has 1 aliphatic rings. The minimum atomic E-state index is -0.144. The van der Waals surface area contributed by atoms with E-state index in [0.717, 1.165) is 17.2 Å². The van der Waals surface area contributed by atoms with E-state index in [2.05, 4.69) is 78.0 Å². The summed E-state index contributed by atoms with van der Waals surface area (Å²) in [5.74, 6) is 2.02. The van der Waals surface area contributed by atoms with Crippen molar-refractivity contribution in [2.75, 3.05) is 0 Å². The summed E-state index contributed by atoms with van der Waals surface area (Å²) in [6.45, 7) is 15.2. The Morgan fingerprint density at radius 1 is 0.905 bits per heavy atom. The van der Waals surface area contributed by atoms with Crippen LogP contribution in [0.5, 0.6) is 0 Å². The van der Waals surface area contributed by atoms with Crippen molar-refractivity contribution in [1.82, 2.24) is 5.32 Å². The van der Waals surface area contributed by atoms with E-state index < -0.39 is 0 Å². The maximum Gasteiger partial charge on any atom is 0.169 e. The van der Waals surface area contributed by atoms with Crippen molar-refractivity contribution in [2.24, 2.45) is 20.8 Å². The summed E-state index contributed by atoms with van der Waals surface area (Å²) in [7, 11) is 0. The van der Waals surface area contributed by atoms with Crippen LogP contribution in [-0.4, -0.2) is 11.7 Å². The zero-order chi connectivity index (χ0) is 15.8. The molecule has 0 unspecified atom stereocenters. The molecule has 0 radical (unpaired) electrons. The average molecular weight is 285 g/mol. The quantitative estimate of drug-likeness (QED) is 0.811. The summed E-state index contributed by atoms with van der Waals surface area (Å²) in [4.78, 5) is 9.69. The van der Waals surface area contributed by atoms with Gasteiger partial charge in [-0.15, -0.1) is 0 Å². The maximum atomic E-state index is 4.85. The predicted molar refractivity (Wildman–Crippen MR) is 90.8 cm³/mol. The first kappa shape index (κ1) is 15.7. The molecule has 1 aliphatic heterocycles. The molecule has 1 aromatic rings. The Labute approximate surface area is 128 Å². The zero-order valence-electron chi connectivity index (χ0n) is 14.3. The summed E-state index contributed by atoms with van der Waals surface area (Å²) in [5, 5.41) is 3.45. The topological polar surface area (TPSA) is 36.8 Å². The third kappa shape index (κ3) is 3.72. The van der Waals surface area contributed by atoms with Crippen molar-refractivity contribution in [1.29, 1.82) is 0 Å². The molecule has 0 aliphatic carbocycles. The van der Waals surface area contributed by atoms with Gasteiger partial charge in [0.15, 0.2) is 6.17 Å². The fraction of sp³-hybridized carbons (Fsp3) is 0.556. The SMILES string of the molecule is Cc1cccc(C2N=C(C(C)(C)C)NC(C(C)(C)C)=N2)c1. The van der Waals surface area contributed by atoms with Crippen LogP contribution in [0.25, 0.3) is 0 Å². The Morgan fingerprint density at radius 3 is 1.86 bits per heavy atom. The molecule has 0 saturated heterocycles. The average Bonchev–Trinajstić information content (AvgIpc) is 2.36. The Balaban J connectivity index is 2.47. The van der Waals surface area contributed by atoms with Gasteiger partial charge in [0.1, 0.15) is 11.7 Å². The van der Waals surface area contributed by atoms with E-state index in [1.807, 2.05) is 0 Å². The van der Waals surface area contributed by atoms with Crippen molar-refractivity contribution in [3.8, 4) is 0 Å². The van der Waals surface area contributed by atoms with Crippen LogP contribution < -0.4 is 5.32 Å². The number of hydrogen-bond donors (Lipinski definition) is 1. The van der Waals surface area contributed by atoms with Gasteiger partial charge in [-0.2, -0.15) is 0 Å². The van der Waals surface area contributed by atoms with Crippen LogP contribution in [0.4, 0.5) is 0 Å². The van der Waals surface area contributed by atoms with Crippen molar-refractivity contribution < 1.29 is 0 Å². The van der Waals surface area contributed by atoms with Crippen LogP contribution in [0, 0.1) is 17.8 Å². The summed E-state index contributed by atoms with van der Waals surface area (Å²) >= 11 is 0. The van der Waals surface area contributed by atoms with E-state index in [9.17, 15) is 0 Å². The molecular formula is C18H27N3. The van der Waals surface area contributed by atoms with Crippen molar-refractivity contribution in [2.45, 2.75) is 54.6 Å². The Hall–Kier alpha value is -1.64. The maximum absolute atomic E-state index is 4.85. The third-order valence-corrected chi connectivity index (χ3v) is 3.50. The number of amidine groups is 2. The number of nitrogens with zero attached hydrogens (tertiary/aromatic N) is 2. The summed E-state index contributed by atoms with van der Waals surface area (Å²) < 4.78 is 0. The molecule has 0 fully saturated rings. The second kappa shape index (κ2) is 5.28. The fourth-order valence-electron chi connectivity index (χ4n) is 2.19. The molecule has 0 aromatic heterocycles. The molecule has 3 heteroatoms. The van der Waals surface area contributed by atoms with Gasteiger partial charge < -0.3 is 5.32 Å². The lowest BCUT2D eigenvalue weighted by atomic mass is 9.90. The monoisotopic (exact) mass is 285 g/mol. The molecular weight excluding hydrogens is 258 g/mol. The summed E-state index contributed by atoms with van der Waals surface area (Å²) in [6, 6.07) is 8.46. The van der Waals surface area contributed by atoms with Crippen LogP contribution in [0.2, 0.25) is 0 Å². The second-order valence-electron chi connectivity index (χ2n) is 7.87. The molecule has 0 bridgehead atoms. The summed E-state index contributed by atoms with van der Waals surface area (Å²) in [5.41, 5.74) is 2.36. The molecule has 1 heterocycles. The highest BCUT2D eigenvalue weighted by atomic mass is 15.2. The van der Waals surface area contributed by atoms with Crippen molar-refractivity contribution in [3.05, 3.63) is 35.4 Å². The van der Waals surface area contributed by atoms with E-state index >= 15 is 0 Å². The number of rotatable bonds is 1. The Morgan fingerprint density at radius 2 is 1.43 bits per heavy atom. The minimum Gasteiger partial charge on any atom is -0.332 e. The number of hydrogen-bond acceptors (Lipinski definition) is 3. The first-order valence-electron chi connectivity index (χ1n) is 7.57. The van der Waals surface area contributed by atoms with Crippen LogP contribution in [-0.2, 0) is 0 Å². The van der Waals surface area contributed by atoms with E-state index in [1.165, 1.54) is 5.56 Å². The first-order valence-corrected chi connectivity index (χ1v) is 7.57. The van der Waals surface area contributed by atoms with Gasteiger partial charge in [-0.3, -0.25) is 0 Å². The predicted octanol–water partition coefficient (Wildman–Crippen LogP) is 4.49. The third-order valence-electron chi connectivity index (χ3n) is 3.50. The number of nitrogens with one attached hydrogen (secondary N) is 1. The van der Waals surface area contributed by atoms with Gasteiger partial charge in [0.25, 0.3) is 0 Å². The highest BCUT2D eigenvalue weighted by Crippen LogP contribution is 2.30. The summed E-state index contributed by atoms with van der Waals surface area (Å²) in [6.07, 6.45) is -0.144. The van der Waals surface area contributed by atoms with Gasteiger partial charge in [0, 0.05) is 10.8 Å². The number of aliphatic imine (C=N–C) groups is 2. The molecule has 0 spiro atoms. The van der Waals surface area contributed by atoms with Gasteiger partial charge in [-0.1, -0.05) is 71.4 Å². The molecule has 1 N–H and O–H groups in total. The molecule has 114 valence electrons. The van der Waals surface area contributed by atoms with E-state index in [4.69, 9.17) is 9.98 Å². The van der Waals surface area contributed by atoms with Gasteiger partial charge in [-0.25, -0.2) is 9.98 Å². The van der Waals surface area contributed by atoms with Gasteiger partial charge in [0.2, 0.25) is 0 Å². The minimum absolute atomic E-state index is 0.0193. The Kier molecular flexibility index (Phi) is 3.96. The molecule has 0 amide bonds. The van der Waals surface area contributed by atoms with Gasteiger partial charge in [0.05, 0.1) is 0 Å². The molecule has 0 atom stereocenters. The molecule has 1 aromatic carbocycles. The van der Waals surface area contributed by atoms with Gasteiger partial charge >= 0.3 is 0 Å². The van der Waals surface area contributed by atoms with E-state index in [1.54, 1.807) is 0 Å². The van der Waals surface area contributed by atoms with E-state index in [-0.39, 0.29) is 17.0 Å². The Bertz CT molecular complexity index is 553. The molecule has 3 nitrogen and oxygen atoms in total. The highest BCUT2D eigenvalue weighted by Gasteiger charge is 2.31. The van der Waals surface area contributed by atoms with Crippen molar-refractivity contribution >= 4 is 11.7 Å². The second-order valence-corrected chi connectivity index (χ2v) is 7.87. The zero-order valence-corrected chi connectivity index (χ0v) is 14.3. The van der Waals surface area contributed by atoms with Crippen molar-refractivity contribution in [3.63, 3.8) is 0 Å². The highest BCUT2D eigenvalue weighted by molar-refractivity contribution is 6.06. The van der Waals surface area contributed by atoms with Gasteiger partial charge in [-0.05, 0) is 12.5 Å².